The average molecular weight is 418 g/mol. The Bertz CT molecular complexity index is 971. The van der Waals surface area contributed by atoms with Crippen molar-refractivity contribution in [2.75, 3.05) is 19.0 Å². The SMILES string of the molecule is COc1ccc(NCC(=O)NNC(=O)c2ccc(S(=O)(=O)NC3CC3)cc2)cc1. The molecule has 0 aliphatic heterocycles. The van der Waals surface area contributed by atoms with Crippen molar-refractivity contribution >= 4 is 27.5 Å². The number of nitrogens with one attached hydrogen (secondary N) is 4. The number of amides is 2. The van der Waals surface area contributed by atoms with Crippen LogP contribution < -0.4 is 25.6 Å². The number of hydrazine groups is 1. The van der Waals surface area contributed by atoms with Gasteiger partial charge in [-0.2, -0.15) is 0 Å². The van der Waals surface area contributed by atoms with Crippen LogP contribution in [0, 0.1) is 0 Å². The van der Waals surface area contributed by atoms with Crippen LogP contribution in [0.1, 0.15) is 23.2 Å². The van der Waals surface area contributed by atoms with E-state index in [1.165, 1.54) is 24.3 Å². The zero-order chi connectivity index (χ0) is 20.9. The Morgan fingerprint density at radius 1 is 1.00 bits per heavy atom. The Morgan fingerprint density at radius 3 is 2.24 bits per heavy atom. The summed E-state index contributed by atoms with van der Waals surface area (Å²) in [7, 11) is -2.01. The standard InChI is InChI=1S/C19H22N4O5S/c1-28-16-8-6-14(7-9-16)20-12-18(24)21-22-19(25)13-2-10-17(11-3-13)29(26,27)23-15-4-5-15/h2-3,6-11,15,20,23H,4-5,12H2,1H3,(H,21,24)(H,22,25). The first-order valence-corrected chi connectivity index (χ1v) is 10.5. The highest BCUT2D eigenvalue weighted by Crippen LogP contribution is 2.22. The van der Waals surface area contributed by atoms with Gasteiger partial charge in [0.2, 0.25) is 10.0 Å². The second-order valence-electron chi connectivity index (χ2n) is 6.50. The Morgan fingerprint density at radius 2 is 1.66 bits per heavy atom. The Hall–Kier alpha value is -3.11. The largest absolute Gasteiger partial charge is 0.497 e. The highest BCUT2D eigenvalue weighted by Gasteiger charge is 2.27. The minimum atomic E-state index is -3.57. The number of rotatable bonds is 8. The maximum Gasteiger partial charge on any atom is 0.269 e. The molecule has 0 radical (unpaired) electrons. The van der Waals surface area contributed by atoms with Crippen LogP contribution in [0.4, 0.5) is 5.69 Å². The molecule has 1 fully saturated rings. The molecule has 0 saturated heterocycles. The van der Waals surface area contributed by atoms with Gasteiger partial charge in [0.1, 0.15) is 5.75 Å². The van der Waals surface area contributed by atoms with Gasteiger partial charge in [0.15, 0.2) is 0 Å². The minimum Gasteiger partial charge on any atom is -0.497 e. The molecule has 0 aromatic heterocycles. The quantitative estimate of drug-likeness (QED) is 0.474. The Kier molecular flexibility index (Phi) is 6.35. The summed E-state index contributed by atoms with van der Waals surface area (Å²) in [4.78, 5) is 24.1. The summed E-state index contributed by atoms with van der Waals surface area (Å²) in [6, 6.07) is 12.5. The molecule has 1 aliphatic rings. The molecule has 0 heterocycles. The van der Waals surface area contributed by atoms with Crippen molar-refractivity contribution in [1.29, 1.82) is 0 Å². The summed E-state index contributed by atoms with van der Waals surface area (Å²) in [6.45, 7) is -0.0450. The van der Waals surface area contributed by atoms with Gasteiger partial charge in [0, 0.05) is 17.3 Å². The van der Waals surface area contributed by atoms with Crippen LogP contribution in [-0.4, -0.2) is 39.9 Å². The van der Waals surface area contributed by atoms with Gasteiger partial charge in [-0.3, -0.25) is 20.4 Å². The van der Waals surface area contributed by atoms with Gasteiger partial charge in [0.05, 0.1) is 18.6 Å². The van der Waals surface area contributed by atoms with E-state index in [1.54, 1.807) is 31.4 Å². The second kappa shape index (κ2) is 8.93. The molecule has 0 atom stereocenters. The predicted molar refractivity (Wildman–Crippen MR) is 107 cm³/mol. The lowest BCUT2D eigenvalue weighted by molar-refractivity contribution is -0.120. The number of benzene rings is 2. The number of carbonyl (C=O) groups is 2. The smallest absolute Gasteiger partial charge is 0.269 e. The predicted octanol–water partition coefficient (Wildman–Crippen LogP) is 1.01. The highest BCUT2D eigenvalue weighted by molar-refractivity contribution is 7.89. The molecular weight excluding hydrogens is 396 g/mol. The van der Waals surface area contributed by atoms with Crippen LogP contribution >= 0.6 is 0 Å². The van der Waals surface area contributed by atoms with Crippen molar-refractivity contribution in [2.24, 2.45) is 0 Å². The number of hydrogen-bond donors (Lipinski definition) is 4. The first kappa shape index (κ1) is 20.6. The number of hydrogen-bond acceptors (Lipinski definition) is 6. The molecule has 10 heteroatoms. The van der Waals surface area contributed by atoms with E-state index in [1.807, 2.05) is 0 Å². The van der Waals surface area contributed by atoms with E-state index in [0.29, 0.717) is 5.75 Å². The third-order valence-electron chi connectivity index (χ3n) is 4.18. The molecule has 29 heavy (non-hydrogen) atoms. The number of anilines is 1. The van der Waals surface area contributed by atoms with Crippen molar-refractivity contribution in [3.63, 3.8) is 0 Å². The van der Waals surface area contributed by atoms with Gasteiger partial charge >= 0.3 is 0 Å². The summed E-state index contributed by atoms with van der Waals surface area (Å²) in [5.41, 5.74) is 5.53. The monoisotopic (exact) mass is 418 g/mol. The zero-order valence-corrected chi connectivity index (χ0v) is 16.6. The molecule has 1 aliphatic carbocycles. The molecule has 2 aromatic rings. The highest BCUT2D eigenvalue weighted by atomic mass is 32.2. The maximum atomic E-state index is 12.1. The van der Waals surface area contributed by atoms with Gasteiger partial charge in [-0.1, -0.05) is 0 Å². The van der Waals surface area contributed by atoms with Crippen LogP contribution in [0.15, 0.2) is 53.4 Å². The fourth-order valence-corrected chi connectivity index (χ4v) is 3.71. The molecule has 2 aromatic carbocycles. The van der Waals surface area contributed by atoms with Crippen LogP contribution in [0.3, 0.4) is 0 Å². The topological polar surface area (TPSA) is 126 Å². The second-order valence-corrected chi connectivity index (χ2v) is 8.22. The van der Waals surface area contributed by atoms with Crippen molar-refractivity contribution in [3.05, 3.63) is 54.1 Å². The van der Waals surface area contributed by atoms with E-state index < -0.39 is 21.8 Å². The van der Waals surface area contributed by atoms with E-state index >= 15 is 0 Å². The fraction of sp³-hybridized carbons (Fsp3) is 0.263. The normalized spacial score (nSPS) is 13.4. The van der Waals surface area contributed by atoms with E-state index in [9.17, 15) is 18.0 Å². The molecule has 4 N–H and O–H groups in total. The number of ether oxygens (including phenoxy) is 1. The third kappa shape index (κ3) is 5.93. The lowest BCUT2D eigenvalue weighted by Crippen LogP contribution is -2.44. The van der Waals surface area contributed by atoms with Crippen molar-refractivity contribution in [2.45, 2.75) is 23.8 Å². The van der Waals surface area contributed by atoms with Crippen molar-refractivity contribution < 1.29 is 22.7 Å². The Balaban J connectivity index is 1.46. The van der Waals surface area contributed by atoms with Gasteiger partial charge in [-0.05, 0) is 61.4 Å². The van der Waals surface area contributed by atoms with Crippen LogP contribution in [-0.2, 0) is 14.8 Å². The fourth-order valence-electron chi connectivity index (χ4n) is 2.41. The molecule has 3 rings (SSSR count). The average Bonchev–Trinajstić information content (AvgIpc) is 3.54. The number of carbonyl (C=O) groups excluding carboxylic acids is 2. The molecule has 1 saturated carbocycles. The number of sulfonamides is 1. The lowest BCUT2D eigenvalue weighted by Gasteiger charge is -2.10. The van der Waals surface area contributed by atoms with Crippen LogP contribution in [0.5, 0.6) is 5.75 Å². The zero-order valence-electron chi connectivity index (χ0n) is 15.8. The molecule has 0 unspecified atom stereocenters. The molecule has 0 spiro atoms. The Labute approximate surface area is 168 Å². The maximum absolute atomic E-state index is 12.1. The first-order chi connectivity index (χ1) is 13.9. The summed E-state index contributed by atoms with van der Waals surface area (Å²) in [5.74, 6) is -0.293. The lowest BCUT2D eigenvalue weighted by atomic mass is 10.2. The summed E-state index contributed by atoms with van der Waals surface area (Å²) in [5, 5.41) is 2.91. The van der Waals surface area contributed by atoms with E-state index in [2.05, 4.69) is 20.9 Å². The third-order valence-corrected chi connectivity index (χ3v) is 5.72. The van der Waals surface area contributed by atoms with Gasteiger partial charge < -0.3 is 10.1 Å². The minimum absolute atomic E-state index is 0.00436. The number of methoxy groups -OCH3 is 1. The van der Waals surface area contributed by atoms with Crippen LogP contribution in [0.2, 0.25) is 0 Å². The molecule has 0 bridgehead atoms. The molecule has 9 nitrogen and oxygen atoms in total. The molecule has 2 amide bonds. The van der Waals surface area contributed by atoms with E-state index in [4.69, 9.17) is 4.74 Å². The summed E-state index contributed by atoms with van der Waals surface area (Å²) < 4.78 is 31.9. The van der Waals surface area contributed by atoms with Gasteiger partial charge in [-0.15, -0.1) is 0 Å². The van der Waals surface area contributed by atoms with E-state index in [-0.39, 0.29) is 23.0 Å². The van der Waals surface area contributed by atoms with Crippen molar-refractivity contribution in [1.82, 2.24) is 15.6 Å². The first-order valence-electron chi connectivity index (χ1n) is 8.97. The van der Waals surface area contributed by atoms with Gasteiger partial charge in [-0.25, -0.2) is 13.1 Å². The van der Waals surface area contributed by atoms with Gasteiger partial charge in [0.25, 0.3) is 11.8 Å². The van der Waals surface area contributed by atoms with Crippen molar-refractivity contribution in [3.8, 4) is 5.75 Å². The molecular formula is C19H22N4O5S. The summed E-state index contributed by atoms with van der Waals surface area (Å²) >= 11 is 0. The van der Waals surface area contributed by atoms with E-state index in [0.717, 1.165) is 18.5 Å². The summed E-state index contributed by atoms with van der Waals surface area (Å²) in [6.07, 6.45) is 1.68. The molecule has 154 valence electrons. The van der Waals surface area contributed by atoms with Crippen LogP contribution in [0.25, 0.3) is 0 Å².